The number of hydrogen-bond donors (Lipinski definition) is 2. The zero-order chi connectivity index (χ0) is 22.6. The molecule has 8 nitrogen and oxygen atoms in total. The van der Waals surface area contributed by atoms with Gasteiger partial charge in [-0.05, 0) is 39.8 Å². The Bertz CT molecular complexity index is 1330. The molecular formula is C23H26FN7O. The Balaban J connectivity index is 1.50. The van der Waals surface area contributed by atoms with Gasteiger partial charge in [0.25, 0.3) is 5.91 Å². The molecule has 4 aromatic heterocycles. The second-order valence-corrected chi connectivity index (χ2v) is 8.70. The molecule has 9 heteroatoms. The standard InChI is InChI=1S/C23H26FN7O/c1-13-8-29(9-14(2)25-13)20-6-5-18(21-26-16(4)11-31(20)21)23(32)28-17-7-19(24)22-27-15(3)10-30(22)12-17/h5-7,10-14,25H,8-9H2,1-4H3,(H,28,32)/t13-,14+. The minimum absolute atomic E-state index is 0.232. The van der Waals surface area contributed by atoms with Crippen molar-refractivity contribution in [2.45, 2.75) is 39.8 Å². The van der Waals surface area contributed by atoms with Crippen molar-refractivity contribution >= 4 is 28.7 Å². The first-order valence-corrected chi connectivity index (χ1v) is 10.7. The van der Waals surface area contributed by atoms with Crippen LogP contribution in [-0.4, -0.2) is 49.8 Å². The summed E-state index contributed by atoms with van der Waals surface area (Å²) in [7, 11) is 0. The lowest BCUT2D eigenvalue weighted by molar-refractivity contribution is 0.102. The van der Waals surface area contributed by atoms with E-state index >= 15 is 0 Å². The average Bonchev–Trinajstić information content (AvgIpc) is 3.28. The van der Waals surface area contributed by atoms with Gasteiger partial charge in [0.15, 0.2) is 17.1 Å². The SMILES string of the molecule is Cc1cn2cc(NC(=O)c3ccc(N4C[C@@H](C)N[C@@H](C)C4)n4cc(C)nc34)cc(F)c2n1. The fourth-order valence-electron chi connectivity index (χ4n) is 4.57. The van der Waals surface area contributed by atoms with Crippen LogP contribution in [0.4, 0.5) is 15.9 Å². The van der Waals surface area contributed by atoms with Gasteiger partial charge in [0, 0.05) is 49.8 Å². The Labute approximate surface area is 185 Å². The Morgan fingerprint density at radius 1 is 1.06 bits per heavy atom. The number of nitrogens with zero attached hydrogens (tertiary/aromatic N) is 5. The second-order valence-electron chi connectivity index (χ2n) is 8.70. The summed E-state index contributed by atoms with van der Waals surface area (Å²) in [6, 6.07) is 5.75. The highest BCUT2D eigenvalue weighted by Crippen LogP contribution is 2.24. The number of pyridine rings is 2. The fourth-order valence-corrected chi connectivity index (χ4v) is 4.57. The van der Waals surface area contributed by atoms with E-state index in [1.807, 2.05) is 23.6 Å². The summed E-state index contributed by atoms with van der Waals surface area (Å²) in [4.78, 5) is 24.2. The monoisotopic (exact) mass is 435 g/mol. The molecule has 0 aromatic carbocycles. The van der Waals surface area contributed by atoms with Crippen LogP contribution in [0.3, 0.4) is 0 Å². The molecule has 32 heavy (non-hydrogen) atoms. The Kier molecular flexibility index (Phi) is 4.85. The summed E-state index contributed by atoms with van der Waals surface area (Å²) in [5.74, 6) is 0.165. The molecule has 0 spiro atoms. The van der Waals surface area contributed by atoms with E-state index in [4.69, 9.17) is 0 Å². The lowest BCUT2D eigenvalue weighted by Crippen LogP contribution is -2.54. The second kappa shape index (κ2) is 7.59. The van der Waals surface area contributed by atoms with Crippen molar-refractivity contribution < 1.29 is 9.18 Å². The van der Waals surface area contributed by atoms with Gasteiger partial charge in [-0.15, -0.1) is 0 Å². The summed E-state index contributed by atoms with van der Waals surface area (Å²) in [6.45, 7) is 9.77. The maximum Gasteiger partial charge on any atom is 0.259 e. The number of halogens is 1. The van der Waals surface area contributed by atoms with E-state index in [0.717, 1.165) is 24.6 Å². The van der Waals surface area contributed by atoms with Gasteiger partial charge in [-0.1, -0.05) is 0 Å². The first kappa shape index (κ1) is 20.4. The first-order chi connectivity index (χ1) is 15.3. The van der Waals surface area contributed by atoms with Crippen LogP contribution in [0.1, 0.15) is 35.6 Å². The van der Waals surface area contributed by atoms with Crippen molar-refractivity contribution in [3.63, 3.8) is 0 Å². The summed E-state index contributed by atoms with van der Waals surface area (Å²) < 4.78 is 18.0. The van der Waals surface area contributed by atoms with E-state index in [0.29, 0.717) is 34.7 Å². The third-order valence-electron chi connectivity index (χ3n) is 5.72. The van der Waals surface area contributed by atoms with E-state index in [9.17, 15) is 9.18 Å². The lowest BCUT2D eigenvalue weighted by atomic mass is 10.1. The van der Waals surface area contributed by atoms with Gasteiger partial charge in [-0.3, -0.25) is 9.20 Å². The molecule has 0 radical (unpaired) electrons. The summed E-state index contributed by atoms with van der Waals surface area (Å²) in [5, 5.41) is 6.35. The number of piperazine rings is 1. The number of anilines is 2. The van der Waals surface area contributed by atoms with Gasteiger partial charge in [-0.25, -0.2) is 14.4 Å². The third kappa shape index (κ3) is 3.58. The highest BCUT2D eigenvalue weighted by atomic mass is 19.1. The zero-order valence-electron chi connectivity index (χ0n) is 18.6. The molecule has 5 heterocycles. The van der Waals surface area contributed by atoms with E-state index in [-0.39, 0.29) is 11.6 Å². The van der Waals surface area contributed by atoms with Crippen molar-refractivity contribution in [2.75, 3.05) is 23.3 Å². The Hall–Kier alpha value is -3.46. The molecule has 0 unspecified atom stereocenters. The normalized spacial score (nSPS) is 19.1. The Morgan fingerprint density at radius 3 is 2.50 bits per heavy atom. The van der Waals surface area contributed by atoms with Gasteiger partial charge in [0.1, 0.15) is 5.82 Å². The minimum atomic E-state index is -0.491. The van der Waals surface area contributed by atoms with E-state index in [1.165, 1.54) is 6.07 Å². The molecule has 2 N–H and O–H groups in total. The number of imidazole rings is 2. The van der Waals surface area contributed by atoms with Crippen LogP contribution in [-0.2, 0) is 0 Å². The summed E-state index contributed by atoms with van der Waals surface area (Å²) in [5.41, 5.74) is 3.12. The van der Waals surface area contributed by atoms with Crippen LogP contribution < -0.4 is 15.5 Å². The van der Waals surface area contributed by atoms with Crippen LogP contribution in [0.5, 0.6) is 0 Å². The number of rotatable bonds is 3. The van der Waals surface area contributed by atoms with Gasteiger partial charge >= 0.3 is 0 Å². The van der Waals surface area contributed by atoms with Gasteiger partial charge in [0.05, 0.1) is 22.6 Å². The van der Waals surface area contributed by atoms with Crippen molar-refractivity contribution in [1.82, 2.24) is 24.1 Å². The molecule has 0 bridgehead atoms. The number of nitrogens with one attached hydrogen (secondary N) is 2. The maximum atomic E-state index is 14.4. The summed E-state index contributed by atoms with van der Waals surface area (Å²) in [6.07, 6.45) is 5.31. The largest absolute Gasteiger partial charge is 0.355 e. The maximum absolute atomic E-state index is 14.4. The summed E-state index contributed by atoms with van der Waals surface area (Å²) >= 11 is 0. The first-order valence-electron chi connectivity index (χ1n) is 10.7. The fraction of sp³-hybridized carbons (Fsp3) is 0.348. The molecule has 0 aliphatic carbocycles. The van der Waals surface area contributed by atoms with Crippen molar-refractivity contribution in [3.05, 3.63) is 59.6 Å². The lowest BCUT2D eigenvalue weighted by Gasteiger charge is -2.37. The molecule has 5 rings (SSSR count). The van der Waals surface area contributed by atoms with Crippen LogP contribution >= 0.6 is 0 Å². The molecule has 1 fully saturated rings. The number of hydrogen-bond acceptors (Lipinski definition) is 5. The number of aryl methyl sites for hydroxylation is 2. The molecular weight excluding hydrogens is 409 g/mol. The van der Waals surface area contributed by atoms with Crippen LogP contribution in [0, 0.1) is 19.7 Å². The van der Waals surface area contributed by atoms with Crippen LogP contribution in [0.25, 0.3) is 11.3 Å². The predicted octanol–water partition coefficient (Wildman–Crippen LogP) is 3.18. The zero-order valence-corrected chi connectivity index (χ0v) is 18.6. The van der Waals surface area contributed by atoms with Crippen molar-refractivity contribution in [1.29, 1.82) is 0 Å². The molecule has 0 saturated carbocycles. The molecule has 4 aromatic rings. The number of amides is 1. The highest BCUT2D eigenvalue weighted by Gasteiger charge is 2.24. The number of aromatic nitrogens is 4. The van der Waals surface area contributed by atoms with Crippen molar-refractivity contribution in [2.24, 2.45) is 0 Å². The molecule has 166 valence electrons. The highest BCUT2D eigenvalue weighted by molar-refractivity contribution is 6.08. The van der Waals surface area contributed by atoms with Crippen LogP contribution in [0.2, 0.25) is 0 Å². The Morgan fingerprint density at radius 2 is 1.75 bits per heavy atom. The van der Waals surface area contributed by atoms with E-state index < -0.39 is 5.82 Å². The predicted molar refractivity (Wildman–Crippen MR) is 122 cm³/mol. The molecule has 2 atom stereocenters. The van der Waals surface area contributed by atoms with Gasteiger partial charge in [0.2, 0.25) is 0 Å². The third-order valence-corrected chi connectivity index (χ3v) is 5.72. The number of carbonyl (C=O) groups is 1. The molecule has 1 amide bonds. The van der Waals surface area contributed by atoms with E-state index in [1.54, 1.807) is 29.8 Å². The number of fused-ring (bicyclic) bond motifs is 2. The topological polar surface area (TPSA) is 79.0 Å². The van der Waals surface area contributed by atoms with E-state index in [2.05, 4.69) is 39.3 Å². The number of carbonyl (C=O) groups excluding carboxylic acids is 1. The van der Waals surface area contributed by atoms with Gasteiger partial charge in [-0.2, -0.15) is 0 Å². The molecule has 1 saturated heterocycles. The average molecular weight is 436 g/mol. The van der Waals surface area contributed by atoms with Gasteiger partial charge < -0.3 is 19.9 Å². The molecule has 1 aliphatic rings. The quantitative estimate of drug-likeness (QED) is 0.517. The smallest absolute Gasteiger partial charge is 0.259 e. The van der Waals surface area contributed by atoms with Crippen molar-refractivity contribution in [3.8, 4) is 0 Å². The van der Waals surface area contributed by atoms with Crippen LogP contribution in [0.15, 0.2) is 36.8 Å². The minimum Gasteiger partial charge on any atom is -0.355 e. The molecule has 1 aliphatic heterocycles.